The molecule has 1 aliphatic heterocycles. The molecule has 0 aromatic carbocycles. The van der Waals surface area contributed by atoms with Gasteiger partial charge in [-0.3, -0.25) is 0 Å². The number of nitrogens with zero attached hydrogens (tertiary/aromatic N) is 2. The molecule has 0 radical (unpaired) electrons. The molecule has 0 bridgehead atoms. The number of halogens is 1. The number of hydrogen-bond acceptors (Lipinski definition) is 5. The van der Waals surface area contributed by atoms with Gasteiger partial charge in [-0.1, -0.05) is 6.08 Å². The summed E-state index contributed by atoms with van der Waals surface area (Å²) in [6.07, 6.45) is 5.32. The predicted octanol–water partition coefficient (Wildman–Crippen LogP) is 2.36. The van der Waals surface area contributed by atoms with Crippen LogP contribution in [-0.4, -0.2) is 41.9 Å². The summed E-state index contributed by atoms with van der Waals surface area (Å²) < 4.78 is 12.2. The Bertz CT molecular complexity index is 516. The Morgan fingerprint density at radius 3 is 2.24 bits per heavy atom. The van der Waals surface area contributed by atoms with Gasteiger partial charge >= 0.3 is 7.12 Å². The molecule has 1 aliphatic rings. The summed E-state index contributed by atoms with van der Waals surface area (Å²) >= 11 is 5.71. The van der Waals surface area contributed by atoms with E-state index in [2.05, 4.69) is 15.3 Å². The first kappa shape index (κ1) is 16.4. The molecule has 0 amide bonds. The number of likely N-dealkylation sites (N-methyl/N-ethyl adjacent to an activating group) is 1. The lowest BCUT2D eigenvalue weighted by molar-refractivity contribution is 0.00578. The fraction of sp³-hybridized carbons (Fsp3) is 0.571. The van der Waals surface area contributed by atoms with E-state index in [4.69, 9.17) is 20.9 Å². The first-order chi connectivity index (χ1) is 9.75. The Hall–Kier alpha value is -0.945. The molecule has 21 heavy (non-hydrogen) atoms. The van der Waals surface area contributed by atoms with Crippen LogP contribution < -0.4 is 5.32 Å². The monoisotopic (exact) mass is 309 g/mol. The van der Waals surface area contributed by atoms with Crippen molar-refractivity contribution >= 4 is 24.8 Å². The van der Waals surface area contributed by atoms with Crippen LogP contribution in [0.1, 0.15) is 33.3 Å². The minimum atomic E-state index is -0.391. The van der Waals surface area contributed by atoms with Crippen LogP contribution in [0.5, 0.6) is 0 Å². The van der Waals surface area contributed by atoms with Gasteiger partial charge in [-0.25, -0.2) is 9.97 Å². The fourth-order valence-electron chi connectivity index (χ4n) is 2.01. The molecule has 2 rings (SSSR count). The average Bonchev–Trinajstić information content (AvgIpc) is 2.60. The van der Waals surface area contributed by atoms with Gasteiger partial charge in [0.05, 0.1) is 11.2 Å². The molecule has 1 aromatic heterocycles. The molecule has 1 fully saturated rings. The highest BCUT2D eigenvalue weighted by molar-refractivity contribution is 6.55. The SMILES string of the molecule is CNCC(=Cc1cnc(Cl)nc1)B1OC(C)(C)C(C)(C)O1. The van der Waals surface area contributed by atoms with E-state index in [1.807, 2.05) is 40.8 Å². The van der Waals surface area contributed by atoms with Crippen LogP contribution in [-0.2, 0) is 9.31 Å². The van der Waals surface area contributed by atoms with Crippen molar-refractivity contribution in [1.29, 1.82) is 0 Å². The highest BCUT2D eigenvalue weighted by Gasteiger charge is 2.52. The van der Waals surface area contributed by atoms with E-state index < -0.39 is 7.12 Å². The molecule has 0 aliphatic carbocycles. The van der Waals surface area contributed by atoms with Crippen molar-refractivity contribution in [2.45, 2.75) is 38.9 Å². The maximum absolute atomic E-state index is 6.08. The van der Waals surface area contributed by atoms with Crippen LogP contribution in [0.15, 0.2) is 17.9 Å². The quantitative estimate of drug-likeness (QED) is 0.683. The van der Waals surface area contributed by atoms with Gasteiger partial charge in [0.15, 0.2) is 0 Å². The minimum Gasteiger partial charge on any atom is -0.400 e. The van der Waals surface area contributed by atoms with Crippen LogP contribution in [0.25, 0.3) is 6.08 Å². The van der Waals surface area contributed by atoms with Crippen molar-refractivity contribution in [2.24, 2.45) is 0 Å². The van der Waals surface area contributed by atoms with E-state index in [0.29, 0.717) is 6.54 Å². The molecule has 0 saturated carbocycles. The Labute approximate surface area is 131 Å². The summed E-state index contributed by atoms with van der Waals surface area (Å²) in [5, 5.41) is 3.37. The normalized spacial score (nSPS) is 20.9. The van der Waals surface area contributed by atoms with E-state index in [-0.39, 0.29) is 16.5 Å². The highest BCUT2D eigenvalue weighted by atomic mass is 35.5. The second kappa shape index (κ2) is 6.05. The molecule has 0 atom stereocenters. The zero-order valence-corrected chi connectivity index (χ0v) is 13.9. The van der Waals surface area contributed by atoms with Crippen molar-refractivity contribution in [3.8, 4) is 0 Å². The maximum Gasteiger partial charge on any atom is 0.491 e. The summed E-state index contributed by atoms with van der Waals surface area (Å²) in [7, 11) is 1.50. The highest BCUT2D eigenvalue weighted by Crippen LogP contribution is 2.38. The Morgan fingerprint density at radius 1 is 1.24 bits per heavy atom. The standard InChI is InChI=1S/C14H21BClN3O2/c1-13(2)14(3,4)21-15(20-13)11(9-17-5)6-10-7-18-12(16)19-8-10/h6-8,17H,9H2,1-5H3. The average molecular weight is 310 g/mol. The Kier molecular flexibility index (Phi) is 4.73. The van der Waals surface area contributed by atoms with E-state index in [1.54, 1.807) is 12.4 Å². The van der Waals surface area contributed by atoms with Crippen LogP contribution in [0, 0.1) is 0 Å². The molecule has 7 heteroatoms. The number of nitrogens with one attached hydrogen (secondary N) is 1. The van der Waals surface area contributed by atoms with Crippen molar-refractivity contribution in [1.82, 2.24) is 15.3 Å². The van der Waals surface area contributed by atoms with E-state index in [0.717, 1.165) is 11.0 Å². The van der Waals surface area contributed by atoms with Crippen LogP contribution in [0.2, 0.25) is 5.28 Å². The number of rotatable bonds is 4. The lowest BCUT2D eigenvalue weighted by Crippen LogP contribution is -2.41. The van der Waals surface area contributed by atoms with Crippen LogP contribution in [0.4, 0.5) is 0 Å². The summed E-state index contributed by atoms with van der Waals surface area (Å²) in [6, 6.07) is 0. The van der Waals surface area contributed by atoms with Crippen molar-refractivity contribution in [3.05, 3.63) is 28.7 Å². The van der Waals surface area contributed by atoms with E-state index in [9.17, 15) is 0 Å². The van der Waals surface area contributed by atoms with Gasteiger partial charge < -0.3 is 14.6 Å². The van der Waals surface area contributed by atoms with Gasteiger partial charge in [0.2, 0.25) is 5.28 Å². The molecule has 5 nitrogen and oxygen atoms in total. The molecular formula is C14H21BClN3O2. The third-order valence-corrected chi connectivity index (χ3v) is 4.12. The van der Waals surface area contributed by atoms with Crippen molar-refractivity contribution in [3.63, 3.8) is 0 Å². The molecule has 1 N–H and O–H groups in total. The minimum absolute atomic E-state index is 0.234. The maximum atomic E-state index is 6.08. The van der Waals surface area contributed by atoms with E-state index >= 15 is 0 Å². The summed E-state index contributed by atoms with van der Waals surface area (Å²) in [4.78, 5) is 7.97. The topological polar surface area (TPSA) is 56.3 Å². The smallest absolute Gasteiger partial charge is 0.400 e. The molecule has 1 saturated heterocycles. The van der Waals surface area contributed by atoms with Crippen LogP contribution >= 0.6 is 11.6 Å². The van der Waals surface area contributed by atoms with E-state index in [1.165, 1.54) is 0 Å². The number of aromatic nitrogens is 2. The van der Waals surface area contributed by atoms with Crippen molar-refractivity contribution < 1.29 is 9.31 Å². The fourth-order valence-corrected chi connectivity index (χ4v) is 2.11. The molecule has 0 spiro atoms. The molecule has 114 valence electrons. The van der Waals surface area contributed by atoms with Gasteiger partial charge in [-0.15, -0.1) is 0 Å². The van der Waals surface area contributed by atoms with Gasteiger partial charge in [0.1, 0.15) is 0 Å². The molecule has 0 unspecified atom stereocenters. The first-order valence-electron chi connectivity index (χ1n) is 6.93. The summed E-state index contributed by atoms with van der Waals surface area (Å²) in [6.45, 7) is 8.80. The van der Waals surface area contributed by atoms with Gasteiger partial charge in [0.25, 0.3) is 0 Å². The zero-order valence-electron chi connectivity index (χ0n) is 13.1. The Balaban J connectivity index is 2.26. The molecular weight excluding hydrogens is 288 g/mol. The Morgan fingerprint density at radius 2 is 1.76 bits per heavy atom. The summed E-state index contributed by atoms with van der Waals surface area (Å²) in [5.74, 6) is 0. The van der Waals surface area contributed by atoms with Gasteiger partial charge in [0, 0.05) is 24.5 Å². The second-order valence-electron chi connectivity index (χ2n) is 6.12. The lowest BCUT2D eigenvalue weighted by Gasteiger charge is -2.32. The van der Waals surface area contributed by atoms with Crippen molar-refractivity contribution in [2.75, 3.05) is 13.6 Å². The third kappa shape index (κ3) is 3.63. The molecule has 2 heterocycles. The van der Waals surface area contributed by atoms with Crippen LogP contribution in [0.3, 0.4) is 0 Å². The van der Waals surface area contributed by atoms with Gasteiger partial charge in [-0.2, -0.15) is 0 Å². The second-order valence-corrected chi connectivity index (χ2v) is 6.46. The first-order valence-corrected chi connectivity index (χ1v) is 7.31. The zero-order chi connectivity index (χ0) is 15.7. The largest absolute Gasteiger partial charge is 0.491 e. The summed E-state index contributed by atoms with van der Waals surface area (Å²) in [5.41, 5.74) is 1.13. The third-order valence-electron chi connectivity index (χ3n) is 3.93. The molecule has 1 aromatic rings. The van der Waals surface area contributed by atoms with Gasteiger partial charge in [-0.05, 0) is 51.8 Å². The predicted molar refractivity (Wildman–Crippen MR) is 85.0 cm³/mol. The number of hydrogen-bond donors (Lipinski definition) is 1. The lowest BCUT2D eigenvalue weighted by atomic mass is 9.77.